The fourth-order valence-corrected chi connectivity index (χ4v) is 2.02. The van der Waals surface area contributed by atoms with Gasteiger partial charge in [-0.1, -0.05) is 41.0 Å². The highest BCUT2D eigenvalue weighted by Gasteiger charge is 2.39. The fraction of sp³-hybridized carbons (Fsp3) is 0.786. The summed E-state index contributed by atoms with van der Waals surface area (Å²) in [5.74, 6) is -2.03. The number of aliphatic carboxylic acids is 1. The van der Waals surface area contributed by atoms with E-state index in [1.54, 1.807) is 0 Å². The molecule has 0 aliphatic carbocycles. The van der Waals surface area contributed by atoms with Crippen molar-refractivity contribution in [3.05, 3.63) is 0 Å². The number of carboxylic acids is 1. The molecule has 1 fully saturated rings. The number of carbonyl (C=O) groups excluding carboxylic acids is 2. The average Bonchev–Trinajstić information content (AvgIpc) is 2.70. The van der Waals surface area contributed by atoms with Crippen LogP contribution in [-0.4, -0.2) is 41.3 Å². The Morgan fingerprint density at radius 3 is 2.26 bits per heavy atom. The van der Waals surface area contributed by atoms with E-state index in [-0.39, 0.29) is 18.4 Å². The van der Waals surface area contributed by atoms with E-state index in [2.05, 4.69) is 0 Å². The van der Waals surface area contributed by atoms with E-state index in [0.717, 1.165) is 12.8 Å². The van der Waals surface area contributed by atoms with Crippen molar-refractivity contribution in [2.75, 3.05) is 13.1 Å². The number of hydrogen-bond acceptors (Lipinski definition) is 3. The Labute approximate surface area is 116 Å². The molecular weight excluding hydrogens is 246 g/mol. The summed E-state index contributed by atoms with van der Waals surface area (Å²) in [6.07, 6.45) is 2.32. The number of hydrogen-bond donors (Lipinski definition) is 1. The first-order valence-electron chi connectivity index (χ1n) is 7.06. The minimum Gasteiger partial charge on any atom is -0.480 e. The van der Waals surface area contributed by atoms with Crippen LogP contribution in [-0.2, 0) is 14.4 Å². The third-order valence-electron chi connectivity index (χ3n) is 2.69. The Bertz CT molecular complexity index is 279. The number of carboxylic acid groups (broad SMARTS) is 1. The van der Waals surface area contributed by atoms with Crippen molar-refractivity contribution in [1.29, 1.82) is 0 Å². The molecule has 5 heteroatoms. The zero-order valence-electron chi connectivity index (χ0n) is 12.7. The third-order valence-corrected chi connectivity index (χ3v) is 2.69. The highest BCUT2D eigenvalue weighted by molar-refractivity contribution is 5.95. The first-order chi connectivity index (χ1) is 9.10. The average molecular weight is 273 g/mol. The van der Waals surface area contributed by atoms with Gasteiger partial charge >= 0.3 is 5.97 Å². The number of carbonyl (C=O) groups is 3. The van der Waals surface area contributed by atoms with Crippen LogP contribution in [0.1, 0.15) is 47.5 Å². The van der Waals surface area contributed by atoms with Crippen LogP contribution >= 0.6 is 0 Å². The molecule has 0 saturated carbocycles. The summed E-state index contributed by atoms with van der Waals surface area (Å²) in [5, 5.41) is 8.58. The molecule has 0 aromatic carbocycles. The van der Waals surface area contributed by atoms with Gasteiger partial charge in [-0.15, -0.1) is 0 Å². The van der Waals surface area contributed by atoms with Gasteiger partial charge in [0, 0.05) is 6.54 Å². The van der Waals surface area contributed by atoms with Gasteiger partial charge in [-0.2, -0.15) is 0 Å². The highest BCUT2D eigenvalue weighted by atomic mass is 16.4. The number of nitrogens with zero attached hydrogens (tertiary/aromatic N) is 1. The Morgan fingerprint density at radius 2 is 1.89 bits per heavy atom. The second kappa shape index (κ2) is 11.7. The first-order valence-corrected chi connectivity index (χ1v) is 7.06. The van der Waals surface area contributed by atoms with Crippen molar-refractivity contribution in [3.8, 4) is 0 Å². The summed E-state index contributed by atoms with van der Waals surface area (Å²) in [6, 6.07) is 0. The second-order valence-corrected chi connectivity index (χ2v) is 3.82. The maximum atomic E-state index is 11.6. The maximum absolute atomic E-state index is 11.6. The Morgan fingerprint density at radius 1 is 1.37 bits per heavy atom. The van der Waals surface area contributed by atoms with Crippen LogP contribution in [0.3, 0.4) is 0 Å². The van der Waals surface area contributed by atoms with Crippen LogP contribution in [0.25, 0.3) is 0 Å². The highest BCUT2D eigenvalue weighted by Crippen LogP contribution is 2.26. The molecule has 1 aliphatic heterocycles. The van der Waals surface area contributed by atoms with E-state index in [4.69, 9.17) is 5.11 Å². The molecule has 112 valence electrons. The van der Waals surface area contributed by atoms with Crippen molar-refractivity contribution < 1.29 is 19.5 Å². The lowest BCUT2D eigenvalue weighted by Crippen LogP contribution is -2.32. The van der Waals surface area contributed by atoms with Crippen molar-refractivity contribution in [2.45, 2.75) is 47.5 Å². The van der Waals surface area contributed by atoms with E-state index < -0.39 is 11.9 Å². The largest absolute Gasteiger partial charge is 0.480 e. The molecule has 1 N–H and O–H groups in total. The molecule has 19 heavy (non-hydrogen) atoms. The van der Waals surface area contributed by atoms with Gasteiger partial charge in [0.25, 0.3) is 0 Å². The second-order valence-electron chi connectivity index (χ2n) is 3.82. The summed E-state index contributed by atoms with van der Waals surface area (Å²) < 4.78 is 0. The first kappa shape index (κ1) is 19.9. The summed E-state index contributed by atoms with van der Waals surface area (Å²) in [4.78, 5) is 34.1. The lowest BCUT2D eigenvalue weighted by molar-refractivity contribution is -0.144. The number of likely N-dealkylation sites (tertiary alicyclic amines) is 1. The normalized spacial score (nSPS) is 20.9. The molecule has 1 amide bonds. The van der Waals surface area contributed by atoms with Gasteiger partial charge in [-0.05, 0) is 12.3 Å². The van der Waals surface area contributed by atoms with Gasteiger partial charge < -0.3 is 14.8 Å². The van der Waals surface area contributed by atoms with Crippen molar-refractivity contribution in [2.24, 2.45) is 11.8 Å². The van der Waals surface area contributed by atoms with Crippen LogP contribution in [0, 0.1) is 11.8 Å². The molecule has 1 heterocycles. The van der Waals surface area contributed by atoms with Gasteiger partial charge in [0.2, 0.25) is 5.91 Å². The number of amides is 1. The summed E-state index contributed by atoms with van der Waals surface area (Å²) in [7, 11) is 0. The topological polar surface area (TPSA) is 74.7 Å². The molecule has 1 aliphatic rings. The Balaban J connectivity index is 0. The van der Waals surface area contributed by atoms with Gasteiger partial charge in [0.15, 0.2) is 0 Å². The van der Waals surface area contributed by atoms with E-state index >= 15 is 0 Å². The standard InChI is InChI=1S/C10H15NO4.2C2H6/c1-2-3-7-4-11(5-9(13)14)10(15)8(7)6-12;2*1-2/h6-8H,2-5H2,1H3,(H,13,14);2*1-2H3. The van der Waals surface area contributed by atoms with Crippen LogP contribution < -0.4 is 0 Å². The van der Waals surface area contributed by atoms with E-state index in [1.807, 2.05) is 34.6 Å². The fourth-order valence-electron chi connectivity index (χ4n) is 2.02. The van der Waals surface area contributed by atoms with Gasteiger partial charge in [-0.3, -0.25) is 9.59 Å². The monoisotopic (exact) mass is 273 g/mol. The molecule has 1 rings (SSSR count). The van der Waals surface area contributed by atoms with Crippen LogP contribution in [0.2, 0.25) is 0 Å². The molecule has 0 bridgehead atoms. The van der Waals surface area contributed by atoms with E-state index in [9.17, 15) is 14.4 Å². The molecule has 0 spiro atoms. The van der Waals surface area contributed by atoms with Crippen LogP contribution in [0.4, 0.5) is 0 Å². The molecule has 0 aromatic rings. The molecule has 0 aromatic heterocycles. The minimum absolute atomic E-state index is 0.0145. The lowest BCUT2D eigenvalue weighted by atomic mass is 9.93. The maximum Gasteiger partial charge on any atom is 0.323 e. The third kappa shape index (κ3) is 6.36. The van der Waals surface area contributed by atoms with Crippen molar-refractivity contribution in [3.63, 3.8) is 0 Å². The minimum atomic E-state index is -1.04. The Hall–Kier alpha value is -1.39. The zero-order chi connectivity index (χ0) is 15.4. The van der Waals surface area contributed by atoms with Crippen LogP contribution in [0.5, 0.6) is 0 Å². The smallest absolute Gasteiger partial charge is 0.323 e. The van der Waals surface area contributed by atoms with Crippen molar-refractivity contribution >= 4 is 18.2 Å². The predicted molar refractivity (Wildman–Crippen MR) is 74.9 cm³/mol. The molecule has 2 atom stereocenters. The predicted octanol–water partition coefficient (Wildman–Crippen LogP) is 2.20. The molecule has 2 unspecified atom stereocenters. The van der Waals surface area contributed by atoms with Gasteiger partial charge in [-0.25, -0.2) is 0 Å². The molecular formula is C14H27NO4. The molecule has 0 radical (unpaired) electrons. The number of rotatable bonds is 5. The van der Waals surface area contributed by atoms with Crippen molar-refractivity contribution in [1.82, 2.24) is 4.90 Å². The Kier molecular flexibility index (Phi) is 12.3. The number of aldehydes is 1. The summed E-state index contributed by atoms with van der Waals surface area (Å²) >= 11 is 0. The van der Waals surface area contributed by atoms with Gasteiger partial charge in [0.1, 0.15) is 12.8 Å². The lowest BCUT2D eigenvalue weighted by Gasteiger charge is -2.12. The zero-order valence-corrected chi connectivity index (χ0v) is 12.7. The quantitative estimate of drug-likeness (QED) is 0.615. The summed E-state index contributed by atoms with van der Waals surface area (Å²) in [6.45, 7) is 10.1. The molecule has 1 saturated heterocycles. The summed E-state index contributed by atoms with van der Waals surface area (Å²) in [5.41, 5.74) is 0. The van der Waals surface area contributed by atoms with Crippen LogP contribution in [0.15, 0.2) is 0 Å². The SMILES string of the molecule is CC.CC.CCCC1CN(CC(=O)O)C(=O)C1C=O. The molecule has 5 nitrogen and oxygen atoms in total. The van der Waals surface area contributed by atoms with Gasteiger partial charge in [0.05, 0.1) is 5.92 Å². The van der Waals surface area contributed by atoms with E-state index in [0.29, 0.717) is 12.8 Å². The van der Waals surface area contributed by atoms with E-state index in [1.165, 1.54) is 4.90 Å².